The molecule has 1 aromatic rings. The van der Waals surface area contributed by atoms with E-state index in [0.29, 0.717) is 17.9 Å². The number of fused-ring (bicyclic) bond motifs is 2. The molecule has 2 N–H and O–H groups in total. The summed E-state index contributed by atoms with van der Waals surface area (Å²) in [7, 11) is 0. The fourth-order valence-corrected chi connectivity index (χ4v) is 2.88. The number of imide groups is 1. The Morgan fingerprint density at radius 2 is 1.90 bits per heavy atom. The van der Waals surface area contributed by atoms with Crippen molar-refractivity contribution < 1.29 is 19.1 Å². The third kappa shape index (κ3) is 1.61. The Hall–Kier alpha value is -2.08. The molecule has 1 aliphatic carbocycles. The van der Waals surface area contributed by atoms with Crippen molar-refractivity contribution in [3.63, 3.8) is 0 Å². The predicted molar refractivity (Wildman–Crippen MR) is 67.8 cm³/mol. The van der Waals surface area contributed by atoms with Crippen LogP contribution in [0.1, 0.15) is 18.0 Å². The van der Waals surface area contributed by atoms with Crippen LogP contribution in [0.15, 0.2) is 18.2 Å². The van der Waals surface area contributed by atoms with E-state index in [2.05, 4.69) is 0 Å². The van der Waals surface area contributed by atoms with Gasteiger partial charge in [-0.2, -0.15) is 0 Å². The molecule has 104 valence electrons. The molecule has 1 saturated heterocycles. The van der Waals surface area contributed by atoms with E-state index in [9.17, 15) is 9.59 Å². The van der Waals surface area contributed by atoms with Crippen molar-refractivity contribution >= 4 is 11.8 Å². The van der Waals surface area contributed by atoms with Gasteiger partial charge in [-0.25, -0.2) is 0 Å². The summed E-state index contributed by atoms with van der Waals surface area (Å²) in [5, 5.41) is 0. The van der Waals surface area contributed by atoms with Gasteiger partial charge in [0.05, 0.1) is 11.8 Å². The van der Waals surface area contributed by atoms with Crippen LogP contribution < -0.4 is 15.2 Å². The van der Waals surface area contributed by atoms with Crippen molar-refractivity contribution in [1.29, 1.82) is 0 Å². The van der Waals surface area contributed by atoms with Crippen LogP contribution in [0.5, 0.6) is 11.5 Å². The number of rotatable bonds is 3. The molecular weight excluding hydrogens is 260 g/mol. The number of hydrogen-bond donors (Lipinski definition) is 1. The molecule has 4 rings (SSSR count). The Balaban J connectivity index is 1.52. The summed E-state index contributed by atoms with van der Waals surface area (Å²) in [5.41, 5.74) is 6.94. The minimum Gasteiger partial charge on any atom is -0.454 e. The highest BCUT2D eigenvalue weighted by Crippen LogP contribution is 2.47. The van der Waals surface area contributed by atoms with E-state index in [1.807, 2.05) is 6.07 Å². The fourth-order valence-electron chi connectivity index (χ4n) is 2.88. The summed E-state index contributed by atoms with van der Waals surface area (Å²) in [6, 6.07) is 5.03. The van der Waals surface area contributed by atoms with Gasteiger partial charge in [-0.3, -0.25) is 14.5 Å². The molecule has 6 nitrogen and oxygen atoms in total. The number of nitrogens with two attached hydrogens (primary N) is 1. The highest BCUT2D eigenvalue weighted by molar-refractivity contribution is 6.08. The standard InChI is InChI=1S/C14H14N2O4/c15-10(5-16-13(17)8-4-9(8)14(16)18)7-1-2-11-12(3-7)20-6-19-11/h1-3,8-10H,4-6,15H2. The second kappa shape index (κ2) is 3.96. The van der Waals surface area contributed by atoms with E-state index < -0.39 is 6.04 Å². The highest BCUT2D eigenvalue weighted by atomic mass is 16.7. The lowest BCUT2D eigenvalue weighted by atomic mass is 10.1. The number of carbonyl (C=O) groups is 2. The Morgan fingerprint density at radius 1 is 1.20 bits per heavy atom. The molecule has 0 radical (unpaired) electrons. The van der Waals surface area contributed by atoms with Gasteiger partial charge in [0.15, 0.2) is 11.5 Å². The molecule has 6 heteroatoms. The topological polar surface area (TPSA) is 81.9 Å². The number of benzene rings is 1. The maximum Gasteiger partial charge on any atom is 0.233 e. The van der Waals surface area contributed by atoms with E-state index in [1.165, 1.54) is 4.90 Å². The first kappa shape index (κ1) is 11.7. The van der Waals surface area contributed by atoms with Crippen LogP contribution in [0, 0.1) is 11.8 Å². The molecule has 0 aromatic heterocycles. The monoisotopic (exact) mass is 274 g/mol. The number of carbonyl (C=O) groups excluding carboxylic acids is 2. The second-order valence-electron chi connectivity index (χ2n) is 5.45. The lowest BCUT2D eigenvalue weighted by Crippen LogP contribution is -2.38. The van der Waals surface area contributed by atoms with Crippen LogP contribution in [0.25, 0.3) is 0 Å². The molecular formula is C14H14N2O4. The first-order valence-electron chi connectivity index (χ1n) is 6.65. The minimum absolute atomic E-state index is 0.0730. The molecule has 2 fully saturated rings. The molecule has 2 amide bonds. The van der Waals surface area contributed by atoms with Crippen molar-refractivity contribution in [3.05, 3.63) is 23.8 Å². The molecule has 20 heavy (non-hydrogen) atoms. The van der Waals surface area contributed by atoms with Crippen LogP contribution in [0.4, 0.5) is 0 Å². The Morgan fingerprint density at radius 3 is 2.65 bits per heavy atom. The molecule has 1 saturated carbocycles. The molecule has 2 heterocycles. The number of ether oxygens (including phenoxy) is 2. The van der Waals surface area contributed by atoms with Crippen molar-refractivity contribution in [1.82, 2.24) is 4.90 Å². The van der Waals surface area contributed by atoms with E-state index >= 15 is 0 Å². The van der Waals surface area contributed by atoms with Gasteiger partial charge in [0.25, 0.3) is 0 Å². The van der Waals surface area contributed by atoms with E-state index in [1.54, 1.807) is 12.1 Å². The van der Waals surface area contributed by atoms with Gasteiger partial charge in [-0.1, -0.05) is 6.07 Å². The SMILES string of the molecule is NC(CN1C(=O)C2CC2C1=O)c1ccc2c(c1)OCO2. The van der Waals surface area contributed by atoms with Gasteiger partial charge < -0.3 is 15.2 Å². The molecule has 0 spiro atoms. The van der Waals surface area contributed by atoms with Gasteiger partial charge in [0.1, 0.15) is 0 Å². The normalized spacial score (nSPS) is 27.8. The van der Waals surface area contributed by atoms with Crippen LogP contribution in [0.2, 0.25) is 0 Å². The first-order chi connectivity index (χ1) is 9.65. The molecule has 3 aliphatic rings. The van der Waals surface area contributed by atoms with Crippen LogP contribution >= 0.6 is 0 Å². The van der Waals surface area contributed by atoms with Crippen molar-refractivity contribution in [3.8, 4) is 11.5 Å². The lowest BCUT2D eigenvalue weighted by molar-refractivity contribution is -0.141. The zero-order valence-electron chi connectivity index (χ0n) is 10.7. The van der Waals surface area contributed by atoms with Crippen LogP contribution in [0.3, 0.4) is 0 Å². The van der Waals surface area contributed by atoms with Crippen LogP contribution in [-0.4, -0.2) is 30.1 Å². The maximum absolute atomic E-state index is 11.9. The summed E-state index contributed by atoms with van der Waals surface area (Å²) in [5.74, 6) is 1.04. The van der Waals surface area contributed by atoms with Gasteiger partial charge in [-0.05, 0) is 24.1 Å². The average molecular weight is 274 g/mol. The Bertz CT molecular complexity index is 595. The van der Waals surface area contributed by atoms with Gasteiger partial charge in [0.2, 0.25) is 18.6 Å². The van der Waals surface area contributed by atoms with Crippen molar-refractivity contribution in [2.45, 2.75) is 12.5 Å². The largest absolute Gasteiger partial charge is 0.454 e. The van der Waals surface area contributed by atoms with Crippen molar-refractivity contribution in [2.24, 2.45) is 17.6 Å². The Labute approximate surface area is 115 Å². The third-order valence-electron chi connectivity index (χ3n) is 4.16. The number of nitrogens with zero attached hydrogens (tertiary/aromatic N) is 1. The fraction of sp³-hybridized carbons (Fsp3) is 0.429. The first-order valence-corrected chi connectivity index (χ1v) is 6.65. The zero-order chi connectivity index (χ0) is 13.9. The smallest absolute Gasteiger partial charge is 0.233 e. The second-order valence-corrected chi connectivity index (χ2v) is 5.45. The van der Waals surface area contributed by atoms with Gasteiger partial charge in [0, 0.05) is 12.6 Å². The summed E-state index contributed by atoms with van der Waals surface area (Å²) < 4.78 is 10.5. The van der Waals surface area contributed by atoms with E-state index in [-0.39, 0.29) is 37.0 Å². The van der Waals surface area contributed by atoms with Crippen LogP contribution in [-0.2, 0) is 9.59 Å². The predicted octanol–water partition coefficient (Wildman–Crippen LogP) is 0.420. The third-order valence-corrected chi connectivity index (χ3v) is 4.16. The average Bonchev–Trinajstić information content (AvgIpc) is 3.05. The number of likely N-dealkylation sites (tertiary alicyclic amines) is 1. The van der Waals surface area contributed by atoms with Gasteiger partial charge in [-0.15, -0.1) is 0 Å². The van der Waals surface area contributed by atoms with E-state index in [0.717, 1.165) is 5.56 Å². The quantitative estimate of drug-likeness (QED) is 0.808. The van der Waals surface area contributed by atoms with E-state index in [4.69, 9.17) is 15.2 Å². The molecule has 2 aliphatic heterocycles. The molecule has 3 atom stereocenters. The molecule has 1 aromatic carbocycles. The molecule has 0 bridgehead atoms. The summed E-state index contributed by atoms with van der Waals surface area (Å²) in [4.78, 5) is 25.1. The lowest BCUT2D eigenvalue weighted by Gasteiger charge is -2.21. The summed E-state index contributed by atoms with van der Waals surface area (Å²) >= 11 is 0. The summed E-state index contributed by atoms with van der Waals surface area (Å²) in [6.45, 7) is 0.435. The number of piperidine rings is 1. The minimum atomic E-state index is -0.408. The number of hydrogen-bond acceptors (Lipinski definition) is 5. The zero-order valence-corrected chi connectivity index (χ0v) is 10.7. The number of amides is 2. The maximum atomic E-state index is 11.9. The Kier molecular flexibility index (Phi) is 2.32. The summed E-state index contributed by atoms with van der Waals surface area (Å²) in [6.07, 6.45) is 0.716. The molecule has 3 unspecified atom stereocenters. The van der Waals surface area contributed by atoms with Crippen molar-refractivity contribution in [2.75, 3.05) is 13.3 Å². The highest BCUT2D eigenvalue weighted by Gasteiger charge is 2.58. The van der Waals surface area contributed by atoms with Gasteiger partial charge >= 0.3 is 0 Å².